The van der Waals surface area contributed by atoms with E-state index < -0.39 is 10.3 Å². The van der Waals surface area contributed by atoms with Gasteiger partial charge >= 0.3 is 10.3 Å². The van der Waals surface area contributed by atoms with Crippen molar-refractivity contribution in [1.82, 2.24) is 0 Å². The molecule has 0 heterocycles. The van der Waals surface area contributed by atoms with Gasteiger partial charge in [-0.25, -0.2) is 0 Å². The second-order valence-electron chi connectivity index (χ2n) is 3.22. The van der Waals surface area contributed by atoms with Crippen molar-refractivity contribution in [3.05, 3.63) is 36.9 Å². The zero-order valence-corrected chi connectivity index (χ0v) is 10.1. The molecule has 7 nitrogen and oxygen atoms in total. The molecule has 0 aliphatic rings. The van der Waals surface area contributed by atoms with Crippen molar-refractivity contribution in [2.75, 3.05) is 5.32 Å². The third-order valence-electron chi connectivity index (χ3n) is 1.74. The van der Waals surface area contributed by atoms with Gasteiger partial charge in [-0.1, -0.05) is 6.08 Å². The van der Waals surface area contributed by atoms with Crippen molar-refractivity contribution in [3.63, 3.8) is 0 Å². The van der Waals surface area contributed by atoms with Gasteiger partial charge in [0.05, 0.1) is 5.69 Å². The molecule has 0 radical (unpaired) electrons. The number of hydrogen-bond acceptors (Lipinski definition) is 4. The minimum absolute atomic E-state index is 0.199. The van der Waals surface area contributed by atoms with E-state index in [0.717, 1.165) is 0 Å². The van der Waals surface area contributed by atoms with Gasteiger partial charge in [0, 0.05) is 12.1 Å². The van der Waals surface area contributed by atoms with Crippen molar-refractivity contribution in [3.8, 4) is 0 Å². The highest BCUT2D eigenvalue weighted by atomic mass is 32.2. The van der Waals surface area contributed by atoms with E-state index in [1.165, 1.54) is 30.3 Å². The molecule has 1 aromatic rings. The van der Waals surface area contributed by atoms with Crippen LogP contribution in [0.2, 0.25) is 0 Å². The molecule has 0 saturated heterocycles. The summed E-state index contributed by atoms with van der Waals surface area (Å²) < 4.78 is 31.7. The Labute approximate surface area is 104 Å². The van der Waals surface area contributed by atoms with E-state index in [1.54, 1.807) is 0 Å². The van der Waals surface area contributed by atoms with Crippen LogP contribution in [0.3, 0.4) is 0 Å². The van der Waals surface area contributed by atoms with E-state index in [9.17, 15) is 13.2 Å². The molecule has 96 valence electrons. The van der Waals surface area contributed by atoms with Gasteiger partial charge in [0.1, 0.15) is 0 Å². The third kappa shape index (κ3) is 5.32. The first-order valence-electron chi connectivity index (χ1n) is 4.82. The number of nitrogens with one attached hydrogen (secondary N) is 1. The van der Waals surface area contributed by atoms with Crippen molar-refractivity contribution in [1.29, 1.82) is 0 Å². The largest absolute Gasteiger partial charge is 0.396 e. The maximum atomic E-state index is 11.2. The quantitative estimate of drug-likeness (QED) is 0.484. The summed E-state index contributed by atoms with van der Waals surface area (Å²) in [6, 6.07) is 5.94. The maximum absolute atomic E-state index is 11.2. The van der Waals surface area contributed by atoms with Gasteiger partial charge in [0.15, 0.2) is 0 Å². The Morgan fingerprint density at radius 3 is 2.50 bits per heavy atom. The number of rotatable bonds is 5. The highest BCUT2D eigenvalue weighted by Gasteiger charge is 2.01. The summed E-state index contributed by atoms with van der Waals surface area (Å²) in [5.74, 6) is -0.211. The molecule has 1 amide bonds. The molecule has 0 saturated carbocycles. The number of hydrogen-bond donors (Lipinski definition) is 2. The lowest BCUT2D eigenvalue weighted by Gasteiger charge is -2.02. The second-order valence-corrected chi connectivity index (χ2v) is 4.28. The van der Waals surface area contributed by atoms with Crippen LogP contribution in [0, 0.1) is 0 Å². The average Bonchev–Trinajstić information content (AvgIpc) is 2.27. The van der Waals surface area contributed by atoms with E-state index in [4.69, 9.17) is 4.55 Å². The van der Waals surface area contributed by atoms with Crippen LogP contribution in [0.25, 0.3) is 0 Å². The molecule has 1 rings (SSSR count). The minimum atomic E-state index is -4.48. The number of nitrogens with zero attached hydrogens (tertiary/aromatic N) is 2. The van der Waals surface area contributed by atoms with E-state index >= 15 is 0 Å². The summed E-state index contributed by atoms with van der Waals surface area (Å²) in [6.07, 6.45) is 1.67. The molecule has 0 fully saturated rings. The fourth-order valence-electron chi connectivity index (χ4n) is 1.05. The van der Waals surface area contributed by atoms with Gasteiger partial charge in [-0.15, -0.1) is 11.7 Å². The topological polar surface area (TPSA) is 108 Å². The highest BCUT2D eigenvalue weighted by Crippen LogP contribution is 2.17. The van der Waals surface area contributed by atoms with E-state index in [2.05, 4.69) is 21.5 Å². The van der Waals surface area contributed by atoms with Crippen molar-refractivity contribution in [2.45, 2.75) is 6.42 Å². The van der Waals surface area contributed by atoms with Crippen molar-refractivity contribution < 1.29 is 17.8 Å². The zero-order chi connectivity index (χ0) is 13.6. The lowest BCUT2D eigenvalue weighted by Crippen LogP contribution is -2.09. The average molecular weight is 269 g/mol. The van der Waals surface area contributed by atoms with Gasteiger partial charge in [0.2, 0.25) is 5.91 Å². The number of benzene rings is 1. The summed E-state index contributed by atoms with van der Waals surface area (Å²) in [6.45, 7) is 3.43. The highest BCUT2D eigenvalue weighted by molar-refractivity contribution is 7.84. The van der Waals surface area contributed by atoms with Crippen LogP contribution in [0.1, 0.15) is 6.42 Å². The molecular weight excluding hydrogens is 258 g/mol. The molecule has 0 aromatic heterocycles. The lowest BCUT2D eigenvalue weighted by atomic mass is 10.3. The van der Waals surface area contributed by atoms with Crippen LogP contribution in [0.5, 0.6) is 0 Å². The molecule has 0 aliphatic carbocycles. The Kier molecular flexibility index (Phi) is 4.69. The lowest BCUT2D eigenvalue weighted by molar-refractivity contribution is -0.115. The Balaban J connectivity index is 2.71. The minimum Gasteiger partial charge on any atom is -0.326 e. The standard InChI is InChI=1S/C10H11N3O4S/c1-2-3-10(14)11-8-4-6-9(7-5-8)12-13-18(15,16)17/h2,4-7H,1,3H2,(H,11,14)(H,15,16,17)/b13-12+. The Bertz CT molecular complexity index is 563. The van der Waals surface area contributed by atoms with E-state index in [0.29, 0.717) is 5.69 Å². The van der Waals surface area contributed by atoms with Crippen LogP contribution in [0.4, 0.5) is 11.4 Å². The van der Waals surface area contributed by atoms with Crippen molar-refractivity contribution in [2.24, 2.45) is 9.63 Å². The van der Waals surface area contributed by atoms with Crippen LogP contribution < -0.4 is 5.32 Å². The first-order chi connectivity index (χ1) is 8.40. The van der Waals surface area contributed by atoms with E-state index in [1.807, 2.05) is 0 Å². The number of carbonyl (C=O) groups excluding carboxylic acids is 1. The molecular formula is C10H11N3O4S. The zero-order valence-electron chi connectivity index (χ0n) is 9.28. The fraction of sp³-hybridized carbons (Fsp3) is 0.100. The van der Waals surface area contributed by atoms with Crippen LogP contribution in [-0.4, -0.2) is 18.9 Å². The second kappa shape index (κ2) is 6.03. The van der Waals surface area contributed by atoms with Gasteiger partial charge in [-0.2, -0.15) is 8.42 Å². The van der Waals surface area contributed by atoms with Gasteiger partial charge in [-0.05, 0) is 28.8 Å². The predicted octanol–water partition coefficient (Wildman–Crippen LogP) is 2.09. The Morgan fingerprint density at radius 2 is 2.00 bits per heavy atom. The van der Waals surface area contributed by atoms with Gasteiger partial charge in [-0.3, -0.25) is 9.35 Å². The summed E-state index contributed by atoms with van der Waals surface area (Å²) in [5.41, 5.74) is 0.766. The summed E-state index contributed by atoms with van der Waals surface area (Å²) in [5, 5.41) is 5.88. The van der Waals surface area contributed by atoms with Crippen LogP contribution in [-0.2, 0) is 15.1 Å². The number of carbonyl (C=O) groups is 1. The fourth-order valence-corrected chi connectivity index (χ4v) is 1.25. The Hall–Kier alpha value is -2.06. The van der Waals surface area contributed by atoms with Crippen LogP contribution >= 0.6 is 0 Å². The number of anilines is 1. The third-order valence-corrected chi connectivity index (χ3v) is 2.03. The van der Waals surface area contributed by atoms with Crippen LogP contribution in [0.15, 0.2) is 46.6 Å². The summed E-state index contributed by atoms with van der Waals surface area (Å²) >= 11 is 0. The van der Waals surface area contributed by atoms with E-state index in [-0.39, 0.29) is 18.0 Å². The molecule has 1 aromatic carbocycles. The molecule has 8 heteroatoms. The molecule has 0 spiro atoms. The molecule has 0 unspecified atom stereocenters. The van der Waals surface area contributed by atoms with Gasteiger partial charge in [0.25, 0.3) is 0 Å². The van der Waals surface area contributed by atoms with Gasteiger partial charge < -0.3 is 5.32 Å². The first-order valence-corrected chi connectivity index (χ1v) is 6.21. The number of amides is 1. The normalized spacial score (nSPS) is 11.4. The molecule has 18 heavy (non-hydrogen) atoms. The predicted molar refractivity (Wildman–Crippen MR) is 66.0 cm³/mol. The Morgan fingerprint density at radius 1 is 1.39 bits per heavy atom. The maximum Gasteiger partial charge on any atom is 0.396 e. The SMILES string of the molecule is C=CCC(=O)Nc1ccc(/N=N/S(=O)(=O)O)cc1. The molecule has 2 N–H and O–H groups in total. The summed E-state index contributed by atoms with van der Waals surface area (Å²) in [4.78, 5) is 11.2. The van der Waals surface area contributed by atoms with Crippen molar-refractivity contribution >= 4 is 27.6 Å². The smallest absolute Gasteiger partial charge is 0.326 e. The summed E-state index contributed by atoms with van der Waals surface area (Å²) in [7, 11) is -4.48. The first kappa shape index (κ1) is 14.0. The molecule has 0 atom stereocenters. The molecule has 0 aliphatic heterocycles. The monoisotopic (exact) mass is 269 g/mol. The molecule has 0 bridgehead atoms.